The second-order valence-corrected chi connectivity index (χ2v) is 10.9. The second-order valence-electron chi connectivity index (χ2n) is 8.09. The molecule has 1 amide bonds. The van der Waals surface area contributed by atoms with Crippen LogP contribution >= 0.6 is 11.3 Å². The van der Waals surface area contributed by atoms with Gasteiger partial charge in [0.2, 0.25) is 15.9 Å². The summed E-state index contributed by atoms with van der Waals surface area (Å²) in [5, 5.41) is 4.57. The predicted molar refractivity (Wildman–Crippen MR) is 122 cm³/mol. The Morgan fingerprint density at radius 3 is 2.48 bits per heavy atom. The van der Waals surface area contributed by atoms with Gasteiger partial charge < -0.3 is 5.32 Å². The molecule has 2 heterocycles. The highest BCUT2D eigenvalue weighted by Crippen LogP contribution is 2.33. The van der Waals surface area contributed by atoms with E-state index < -0.39 is 15.4 Å². The van der Waals surface area contributed by atoms with Gasteiger partial charge >= 0.3 is 0 Å². The van der Waals surface area contributed by atoms with Gasteiger partial charge in [-0.2, -0.15) is 0 Å². The topological polar surface area (TPSA) is 114 Å². The molecule has 1 aliphatic rings. The van der Waals surface area contributed by atoms with Crippen molar-refractivity contribution in [3.63, 3.8) is 0 Å². The Labute approximate surface area is 185 Å². The number of benzene rings is 1. The monoisotopic (exact) mass is 457 g/mol. The SMILES string of the molecule is Cc1cncc(-c2ccc(NC(=O)C(C)(C)c3csc(NS(=O)(=O)C4CC4)n3)cc2)n1. The van der Waals surface area contributed by atoms with E-state index in [9.17, 15) is 13.2 Å². The maximum Gasteiger partial charge on any atom is 0.237 e. The number of rotatable bonds is 7. The highest BCUT2D eigenvalue weighted by atomic mass is 32.2. The minimum Gasteiger partial charge on any atom is -0.325 e. The van der Waals surface area contributed by atoms with Gasteiger partial charge in [0.1, 0.15) is 0 Å². The van der Waals surface area contributed by atoms with Crippen LogP contribution in [0.2, 0.25) is 0 Å². The molecule has 1 aliphatic carbocycles. The fourth-order valence-corrected chi connectivity index (χ4v) is 5.40. The van der Waals surface area contributed by atoms with Crippen molar-refractivity contribution in [2.75, 3.05) is 10.0 Å². The molecule has 0 spiro atoms. The lowest BCUT2D eigenvalue weighted by molar-refractivity contribution is -0.120. The Bertz CT molecular complexity index is 1220. The average molecular weight is 458 g/mol. The van der Waals surface area contributed by atoms with E-state index >= 15 is 0 Å². The van der Waals surface area contributed by atoms with Crippen LogP contribution in [0.4, 0.5) is 10.8 Å². The van der Waals surface area contributed by atoms with Gasteiger partial charge in [0.25, 0.3) is 0 Å². The Balaban J connectivity index is 1.45. The van der Waals surface area contributed by atoms with Gasteiger partial charge in [0.15, 0.2) is 5.13 Å². The zero-order chi connectivity index (χ0) is 22.2. The minimum absolute atomic E-state index is 0.238. The summed E-state index contributed by atoms with van der Waals surface area (Å²) in [6.45, 7) is 5.40. The number of aryl methyl sites for hydroxylation is 1. The predicted octanol–water partition coefficient (Wildman–Crippen LogP) is 3.73. The third kappa shape index (κ3) is 4.75. The Hall–Kier alpha value is -2.85. The minimum atomic E-state index is -3.38. The number of hydrogen-bond donors (Lipinski definition) is 2. The molecule has 1 fully saturated rings. The molecular weight excluding hydrogens is 434 g/mol. The first-order valence-corrected chi connectivity index (χ1v) is 12.3. The summed E-state index contributed by atoms with van der Waals surface area (Å²) in [7, 11) is -3.38. The summed E-state index contributed by atoms with van der Waals surface area (Å²) in [5.74, 6) is -0.238. The van der Waals surface area contributed by atoms with Gasteiger partial charge in [-0.1, -0.05) is 12.1 Å². The molecule has 1 saturated carbocycles. The van der Waals surface area contributed by atoms with Crippen molar-refractivity contribution in [3.05, 3.63) is 53.4 Å². The average Bonchev–Trinajstić information content (AvgIpc) is 3.49. The smallest absolute Gasteiger partial charge is 0.237 e. The van der Waals surface area contributed by atoms with Gasteiger partial charge in [0.05, 0.1) is 33.9 Å². The van der Waals surface area contributed by atoms with Gasteiger partial charge in [-0.15, -0.1) is 11.3 Å². The molecule has 0 saturated heterocycles. The lowest BCUT2D eigenvalue weighted by Gasteiger charge is -2.21. The number of amides is 1. The molecule has 0 atom stereocenters. The fraction of sp³-hybridized carbons (Fsp3) is 0.333. The molecule has 8 nitrogen and oxygen atoms in total. The number of carbonyl (C=O) groups is 1. The van der Waals surface area contributed by atoms with Crippen LogP contribution in [0.1, 0.15) is 38.1 Å². The van der Waals surface area contributed by atoms with Crippen LogP contribution in [0.3, 0.4) is 0 Å². The molecule has 0 unspecified atom stereocenters. The maximum atomic E-state index is 12.9. The number of sulfonamides is 1. The Morgan fingerprint density at radius 1 is 1.13 bits per heavy atom. The van der Waals surface area contributed by atoms with Crippen LogP contribution < -0.4 is 10.0 Å². The van der Waals surface area contributed by atoms with Crippen LogP contribution in [0.15, 0.2) is 42.0 Å². The third-order valence-electron chi connectivity index (χ3n) is 5.10. The van der Waals surface area contributed by atoms with Crippen molar-refractivity contribution < 1.29 is 13.2 Å². The summed E-state index contributed by atoms with van der Waals surface area (Å²) in [4.78, 5) is 25.9. The molecule has 31 heavy (non-hydrogen) atoms. The first-order chi connectivity index (χ1) is 14.6. The van der Waals surface area contributed by atoms with E-state index in [4.69, 9.17) is 0 Å². The molecule has 3 aromatic rings. The van der Waals surface area contributed by atoms with Crippen LogP contribution in [-0.2, 0) is 20.2 Å². The summed E-state index contributed by atoms with van der Waals surface area (Å²) in [6.07, 6.45) is 4.75. The molecule has 162 valence electrons. The lowest BCUT2D eigenvalue weighted by Crippen LogP contribution is -2.35. The van der Waals surface area contributed by atoms with E-state index in [-0.39, 0.29) is 16.3 Å². The first kappa shape index (κ1) is 21.4. The quantitative estimate of drug-likeness (QED) is 0.559. The number of thiazole rings is 1. The molecule has 2 N–H and O–H groups in total. The lowest BCUT2D eigenvalue weighted by atomic mass is 9.89. The summed E-state index contributed by atoms with van der Waals surface area (Å²) in [5.41, 5.74) is 2.71. The zero-order valence-corrected chi connectivity index (χ0v) is 19.0. The van der Waals surface area contributed by atoms with Gasteiger partial charge in [-0.25, -0.2) is 18.4 Å². The van der Waals surface area contributed by atoms with E-state index in [2.05, 4.69) is 25.0 Å². The van der Waals surface area contributed by atoms with E-state index in [0.29, 0.717) is 24.2 Å². The van der Waals surface area contributed by atoms with Crippen molar-refractivity contribution in [2.24, 2.45) is 0 Å². The van der Waals surface area contributed by atoms with Crippen LogP contribution in [0, 0.1) is 6.92 Å². The van der Waals surface area contributed by atoms with Crippen molar-refractivity contribution in [1.29, 1.82) is 0 Å². The second kappa shape index (κ2) is 8.01. The Kier molecular flexibility index (Phi) is 5.52. The normalized spacial score (nSPS) is 14.3. The molecule has 0 bridgehead atoms. The van der Waals surface area contributed by atoms with Crippen LogP contribution in [-0.4, -0.2) is 34.5 Å². The van der Waals surface area contributed by atoms with Crippen molar-refractivity contribution >= 4 is 38.1 Å². The third-order valence-corrected chi connectivity index (χ3v) is 7.81. The maximum absolute atomic E-state index is 12.9. The van der Waals surface area contributed by atoms with E-state index in [1.165, 1.54) is 11.3 Å². The van der Waals surface area contributed by atoms with Crippen molar-refractivity contribution in [2.45, 2.75) is 44.3 Å². The standard InChI is InChI=1S/C21H23N5O3S2/c1-13-10-22-11-17(23-13)14-4-6-15(7-5-14)24-19(27)21(2,3)18-12-30-20(25-18)26-31(28,29)16-8-9-16/h4-7,10-12,16H,8-9H2,1-3H3,(H,24,27)(H,25,26). The molecule has 4 rings (SSSR count). The Morgan fingerprint density at radius 2 is 1.84 bits per heavy atom. The largest absolute Gasteiger partial charge is 0.325 e. The molecule has 0 aliphatic heterocycles. The number of nitrogens with zero attached hydrogens (tertiary/aromatic N) is 3. The molecule has 0 radical (unpaired) electrons. The highest BCUT2D eigenvalue weighted by Gasteiger charge is 2.37. The first-order valence-electron chi connectivity index (χ1n) is 9.83. The van der Waals surface area contributed by atoms with Gasteiger partial charge in [0, 0.05) is 22.8 Å². The summed E-state index contributed by atoms with van der Waals surface area (Å²) in [6, 6.07) is 7.37. The molecule has 10 heteroatoms. The number of aromatic nitrogens is 3. The number of anilines is 2. The number of nitrogens with one attached hydrogen (secondary N) is 2. The highest BCUT2D eigenvalue weighted by molar-refractivity contribution is 7.93. The summed E-state index contributed by atoms with van der Waals surface area (Å²) < 4.78 is 26.7. The van der Waals surface area contributed by atoms with E-state index in [1.807, 2.05) is 31.2 Å². The fourth-order valence-electron chi connectivity index (χ4n) is 2.92. The van der Waals surface area contributed by atoms with Crippen molar-refractivity contribution in [3.8, 4) is 11.3 Å². The van der Waals surface area contributed by atoms with E-state index in [0.717, 1.165) is 17.0 Å². The zero-order valence-electron chi connectivity index (χ0n) is 17.4. The number of carbonyl (C=O) groups excluding carboxylic acids is 1. The van der Waals surface area contributed by atoms with Crippen molar-refractivity contribution in [1.82, 2.24) is 15.0 Å². The molecule has 2 aromatic heterocycles. The van der Waals surface area contributed by atoms with Gasteiger partial charge in [-0.3, -0.25) is 14.5 Å². The summed E-state index contributed by atoms with van der Waals surface area (Å²) >= 11 is 1.18. The molecule has 1 aromatic carbocycles. The number of hydrogen-bond acceptors (Lipinski definition) is 7. The van der Waals surface area contributed by atoms with Crippen LogP contribution in [0.25, 0.3) is 11.3 Å². The van der Waals surface area contributed by atoms with Gasteiger partial charge in [-0.05, 0) is 45.7 Å². The van der Waals surface area contributed by atoms with Crippen LogP contribution in [0.5, 0.6) is 0 Å². The molecular formula is C21H23N5O3S2. The van der Waals surface area contributed by atoms with E-state index in [1.54, 1.807) is 31.6 Å².